The van der Waals surface area contributed by atoms with Crippen molar-refractivity contribution in [3.8, 4) is 11.4 Å². The first-order valence-corrected chi connectivity index (χ1v) is 10.4. The van der Waals surface area contributed by atoms with Crippen molar-refractivity contribution in [3.05, 3.63) is 72.1 Å². The summed E-state index contributed by atoms with van der Waals surface area (Å²) in [5.41, 5.74) is 2.88. The van der Waals surface area contributed by atoms with E-state index in [9.17, 15) is 4.79 Å². The van der Waals surface area contributed by atoms with Crippen molar-refractivity contribution in [1.29, 1.82) is 0 Å². The van der Waals surface area contributed by atoms with Gasteiger partial charge in [0.05, 0.1) is 7.11 Å². The third kappa shape index (κ3) is 4.95. The minimum Gasteiger partial charge on any atom is -0.497 e. The summed E-state index contributed by atoms with van der Waals surface area (Å²) in [6.07, 6.45) is 7.47. The van der Waals surface area contributed by atoms with Crippen molar-refractivity contribution in [1.82, 2.24) is 14.9 Å². The molecule has 0 aliphatic carbocycles. The minimum atomic E-state index is -0.0514. The van der Waals surface area contributed by atoms with Crippen LogP contribution in [0.15, 0.2) is 66.1 Å². The van der Waals surface area contributed by atoms with Crippen LogP contribution in [0, 0.1) is 0 Å². The fourth-order valence-corrected chi connectivity index (χ4v) is 3.49. The summed E-state index contributed by atoms with van der Waals surface area (Å²) in [4.78, 5) is 16.8. The zero-order valence-electron chi connectivity index (χ0n) is 16.4. The van der Waals surface area contributed by atoms with Crippen LogP contribution in [-0.4, -0.2) is 34.9 Å². The van der Waals surface area contributed by atoms with Crippen LogP contribution >= 0.6 is 11.8 Å². The number of carbonyl (C=O) groups is 1. The van der Waals surface area contributed by atoms with E-state index in [1.54, 1.807) is 25.1 Å². The van der Waals surface area contributed by atoms with Crippen molar-refractivity contribution in [3.63, 3.8) is 0 Å². The molecule has 1 unspecified atom stereocenters. The monoisotopic (exact) mass is 395 g/mol. The number of imidazole rings is 1. The van der Waals surface area contributed by atoms with Gasteiger partial charge in [-0.15, -0.1) is 0 Å². The zero-order valence-corrected chi connectivity index (χ0v) is 17.2. The number of aromatic nitrogens is 2. The molecule has 2 aromatic carbocycles. The van der Waals surface area contributed by atoms with Gasteiger partial charge in [-0.05, 0) is 68.0 Å². The maximum atomic E-state index is 12.5. The normalized spacial score (nSPS) is 11.8. The summed E-state index contributed by atoms with van der Waals surface area (Å²) >= 11 is 1.59. The van der Waals surface area contributed by atoms with E-state index in [0.717, 1.165) is 29.4 Å². The quantitative estimate of drug-likeness (QED) is 0.576. The van der Waals surface area contributed by atoms with Gasteiger partial charge in [-0.25, -0.2) is 4.98 Å². The van der Waals surface area contributed by atoms with Crippen molar-refractivity contribution >= 4 is 17.7 Å². The Morgan fingerprint density at radius 2 is 1.89 bits per heavy atom. The van der Waals surface area contributed by atoms with Crippen LogP contribution in [0.2, 0.25) is 0 Å². The highest BCUT2D eigenvalue weighted by atomic mass is 32.2. The molecule has 1 aromatic heterocycles. The molecule has 0 saturated heterocycles. The van der Waals surface area contributed by atoms with Gasteiger partial charge in [0.25, 0.3) is 5.91 Å². The molecule has 1 N–H and O–H groups in total. The number of ether oxygens (including phenoxy) is 1. The molecule has 28 heavy (non-hydrogen) atoms. The number of aryl methyl sites for hydroxylation is 1. The van der Waals surface area contributed by atoms with Crippen molar-refractivity contribution < 1.29 is 9.53 Å². The number of benzene rings is 2. The van der Waals surface area contributed by atoms with Crippen molar-refractivity contribution in [2.45, 2.75) is 31.0 Å². The van der Waals surface area contributed by atoms with Gasteiger partial charge >= 0.3 is 0 Å². The summed E-state index contributed by atoms with van der Waals surface area (Å²) in [5.74, 6) is 0.804. The van der Waals surface area contributed by atoms with Gasteiger partial charge in [0.2, 0.25) is 0 Å². The Morgan fingerprint density at radius 3 is 2.54 bits per heavy atom. The van der Waals surface area contributed by atoms with Gasteiger partial charge in [-0.1, -0.05) is 23.9 Å². The van der Waals surface area contributed by atoms with Gasteiger partial charge in [0.15, 0.2) is 5.16 Å². The van der Waals surface area contributed by atoms with Crippen LogP contribution < -0.4 is 10.1 Å². The van der Waals surface area contributed by atoms with E-state index in [1.165, 1.54) is 5.56 Å². The average molecular weight is 396 g/mol. The van der Waals surface area contributed by atoms with Gasteiger partial charge in [-0.3, -0.25) is 9.36 Å². The lowest BCUT2D eigenvalue weighted by Gasteiger charge is -2.14. The third-order valence-electron chi connectivity index (χ3n) is 4.60. The number of carbonyl (C=O) groups excluding carboxylic acids is 1. The summed E-state index contributed by atoms with van der Waals surface area (Å²) in [7, 11) is 1.66. The number of nitrogens with one attached hydrogen (secondary N) is 1. The van der Waals surface area contributed by atoms with Crippen LogP contribution in [0.1, 0.15) is 29.3 Å². The van der Waals surface area contributed by atoms with E-state index in [1.807, 2.05) is 60.3 Å². The van der Waals surface area contributed by atoms with Gasteiger partial charge in [0, 0.05) is 29.7 Å². The molecular formula is C22H25N3O2S. The molecule has 1 amide bonds. The van der Waals surface area contributed by atoms with Crippen LogP contribution in [-0.2, 0) is 6.42 Å². The predicted octanol–water partition coefficient (Wildman–Crippen LogP) is 4.35. The Bertz CT molecular complexity index is 904. The molecule has 3 aromatic rings. The number of hydrogen-bond donors (Lipinski definition) is 1. The molecule has 6 heteroatoms. The van der Waals surface area contributed by atoms with Crippen molar-refractivity contribution in [2.24, 2.45) is 0 Å². The fourth-order valence-electron chi connectivity index (χ4n) is 2.97. The SMILES string of the molecule is COc1ccc(CCC(C)NC(=O)c2ccc(-n3ccnc3SC)cc2)cc1. The Hall–Kier alpha value is -2.73. The lowest BCUT2D eigenvalue weighted by Crippen LogP contribution is -2.32. The molecule has 0 radical (unpaired) electrons. The first kappa shape index (κ1) is 20.0. The molecule has 0 fully saturated rings. The standard InChI is InChI=1S/C22H25N3O2S/c1-16(4-5-17-6-12-20(27-2)13-7-17)24-21(26)18-8-10-19(11-9-18)25-15-14-23-22(25)28-3/h6-16H,4-5H2,1-3H3,(H,24,26). The largest absolute Gasteiger partial charge is 0.497 e. The third-order valence-corrected chi connectivity index (χ3v) is 5.27. The minimum absolute atomic E-state index is 0.0514. The zero-order chi connectivity index (χ0) is 19.9. The smallest absolute Gasteiger partial charge is 0.251 e. The maximum absolute atomic E-state index is 12.5. The second kappa shape index (κ2) is 9.46. The molecule has 0 spiro atoms. The molecule has 0 bridgehead atoms. The topological polar surface area (TPSA) is 56.1 Å². The molecule has 146 valence electrons. The van der Waals surface area contributed by atoms with E-state index in [-0.39, 0.29) is 11.9 Å². The maximum Gasteiger partial charge on any atom is 0.251 e. The summed E-state index contributed by atoms with van der Waals surface area (Å²) in [5, 5.41) is 4.00. The molecule has 3 rings (SSSR count). The Labute approximate surface area is 170 Å². The Morgan fingerprint density at radius 1 is 1.18 bits per heavy atom. The number of amides is 1. The molecule has 1 heterocycles. The fraction of sp³-hybridized carbons (Fsp3) is 0.273. The lowest BCUT2D eigenvalue weighted by atomic mass is 10.1. The van der Waals surface area contributed by atoms with Crippen LogP contribution in [0.5, 0.6) is 5.75 Å². The number of nitrogens with zero attached hydrogens (tertiary/aromatic N) is 2. The second-order valence-corrected chi connectivity index (χ2v) is 7.37. The second-order valence-electron chi connectivity index (χ2n) is 6.59. The number of methoxy groups -OCH3 is 1. The van der Waals surface area contributed by atoms with E-state index in [0.29, 0.717) is 5.56 Å². The van der Waals surface area contributed by atoms with Gasteiger partial charge in [0.1, 0.15) is 5.75 Å². The number of thioether (sulfide) groups is 1. The van der Waals surface area contributed by atoms with Crippen LogP contribution in [0.3, 0.4) is 0 Å². The first-order chi connectivity index (χ1) is 13.6. The summed E-state index contributed by atoms with van der Waals surface area (Å²) in [6, 6.07) is 15.7. The van der Waals surface area contributed by atoms with Crippen molar-refractivity contribution in [2.75, 3.05) is 13.4 Å². The molecule has 0 aliphatic heterocycles. The highest BCUT2D eigenvalue weighted by molar-refractivity contribution is 7.98. The van der Waals surface area contributed by atoms with Crippen LogP contribution in [0.25, 0.3) is 5.69 Å². The number of rotatable bonds is 8. The summed E-state index contributed by atoms with van der Waals surface area (Å²) in [6.45, 7) is 2.03. The van der Waals surface area contributed by atoms with Crippen LogP contribution in [0.4, 0.5) is 0 Å². The molecule has 1 atom stereocenters. The first-order valence-electron chi connectivity index (χ1n) is 9.22. The lowest BCUT2D eigenvalue weighted by molar-refractivity contribution is 0.0938. The van der Waals surface area contributed by atoms with E-state index in [4.69, 9.17) is 4.74 Å². The molecule has 5 nitrogen and oxygen atoms in total. The van der Waals surface area contributed by atoms with Gasteiger partial charge < -0.3 is 10.1 Å². The van der Waals surface area contributed by atoms with E-state index >= 15 is 0 Å². The molecule has 0 saturated carbocycles. The highest BCUT2D eigenvalue weighted by Crippen LogP contribution is 2.18. The number of hydrogen-bond acceptors (Lipinski definition) is 4. The Balaban J connectivity index is 1.54. The predicted molar refractivity (Wildman–Crippen MR) is 114 cm³/mol. The molecular weight excluding hydrogens is 370 g/mol. The summed E-state index contributed by atoms with van der Waals surface area (Å²) < 4.78 is 7.18. The van der Waals surface area contributed by atoms with Gasteiger partial charge in [-0.2, -0.15) is 0 Å². The molecule has 0 aliphatic rings. The Kier molecular flexibility index (Phi) is 6.76. The van der Waals surface area contributed by atoms with E-state index in [2.05, 4.69) is 22.4 Å². The average Bonchev–Trinajstić information content (AvgIpc) is 3.21. The highest BCUT2D eigenvalue weighted by Gasteiger charge is 2.11. The van der Waals surface area contributed by atoms with E-state index < -0.39 is 0 Å².